The molecule has 0 bridgehead atoms. The van der Waals surface area contributed by atoms with E-state index in [9.17, 15) is 0 Å². The van der Waals surface area contributed by atoms with Crippen molar-refractivity contribution in [2.75, 3.05) is 0 Å². The van der Waals surface area contributed by atoms with Crippen LogP contribution in [0.3, 0.4) is 0 Å². The SMILES string of the molecule is C/C=C/CCCC(C)CCC. The highest BCUT2D eigenvalue weighted by molar-refractivity contribution is 4.76. The number of allylic oxidation sites excluding steroid dienone is 2. The lowest BCUT2D eigenvalue weighted by Gasteiger charge is -2.07. The summed E-state index contributed by atoms with van der Waals surface area (Å²) >= 11 is 0. The molecule has 0 fully saturated rings. The molecule has 0 heterocycles. The minimum atomic E-state index is 0.935. The highest BCUT2D eigenvalue weighted by atomic mass is 14.0. The van der Waals surface area contributed by atoms with Gasteiger partial charge in [-0.15, -0.1) is 0 Å². The van der Waals surface area contributed by atoms with E-state index in [0.29, 0.717) is 0 Å². The van der Waals surface area contributed by atoms with Gasteiger partial charge < -0.3 is 0 Å². The minimum Gasteiger partial charge on any atom is -0.0917 e. The van der Waals surface area contributed by atoms with Gasteiger partial charge in [0.05, 0.1) is 0 Å². The first-order valence-corrected chi connectivity index (χ1v) is 4.92. The Bertz CT molecular complexity index is 92.2. The van der Waals surface area contributed by atoms with Crippen LogP contribution in [0, 0.1) is 5.92 Å². The van der Waals surface area contributed by atoms with E-state index in [0.717, 1.165) is 5.92 Å². The maximum Gasteiger partial charge on any atom is -0.0351 e. The molecule has 11 heavy (non-hydrogen) atoms. The maximum absolute atomic E-state index is 2.36. The van der Waals surface area contributed by atoms with Crippen molar-refractivity contribution in [3.8, 4) is 0 Å². The normalized spacial score (nSPS) is 14.1. The Kier molecular flexibility index (Phi) is 7.66. The lowest BCUT2D eigenvalue weighted by atomic mass is 9.99. The fourth-order valence-corrected chi connectivity index (χ4v) is 1.39. The summed E-state index contributed by atoms with van der Waals surface area (Å²) in [5, 5.41) is 0. The van der Waals surface area contributed by atoms with Gasteiger partial charge in [0.2, 0.25) is 0 Å². The molecule has 0 N–H and O–H groups in total. The van der Waals surface area contributed by atoms with Crippen molar-refractivity contribution in [1.29, 1.82) is 0 Å². The van der Waals surface area contributed by atoms with Crippen molar-refractivity contribution in [2.45, 2.75) is 52.9 Å². The van der Waals surface area contributed by atoms with Crippen molar-refractivity contribution in [2.24, 2.45) is 5.92 Å². The van der Waals surface area contributed by atoms with Gasteiger partial charge in [-0.1, -0.05) is 45.3 Å². The van der Waals surface area contributed by atoms with Gasteiger partial charge in [0.15, 0.2) is 0 Å². The molecule has 1 unspecified atom stereocenters. The van der Waals surface area contributed by atoms with Crippen LogP contribution in [0.2, 0.25) is 0 Å². The molecule has 0 saturated heterocycles. The molecule has 0 spiro atoms. The quantitative estimate of drug-likeness (QED) is 0.398. The van der Waals surface area contributed by atoms with Gasteiger partial charge in [0.25, 0.3) is 0 Å². The second-order valence-electron chi connectivity index (χ2n) is 3.39. The zero-order valence-electron chi connectivity index (χ0n) is 8.27. The highest BCUT2D eigenvalue weighted by Crippen LogP contribution is 2.13. The zero-order valence-corrected chi connectivity index (χ0v) is 8.27. The van der Waals surface area contributed by atoms with Crippen LogP contribution in [-0.2, 0) is 0 Å². The van der Waals surface area contributed by atoms with Crippen LogP contribution < -0.4 is 0 Å². The first kappa shape index (κ1) is 10.7. The first-order chi connectivity index (χ1) is 5.31. The van der Waals surface area contributed by atoms with Gasteiger partial charge >= 0.3 is 0 Å². The van der Waals surface area contributed by atoms with Crippen LogP contribution in [0.15, 0.2) is 12.2 Å². The van der Waals surface area contributed by atoms with Crippen molar-refractivity contribution in [3.05, 3.63) is 12.2 Å². The van der Waals surface area contributed by atoms with Gasteiger partial charge in [0, 0.05) is 0 Å². The highest BCUT2D eigenvalue weighted by Gasteiger charge is 1.97. The Morgan fingerprint density at radius 3 is 2.55 bits per heavy atom. The molecule has 0 saturated carbocycles. The average molecular weight is 154 g/mol. The summed E-state index contributed by atoms with van der Waals surface area (Å²) in [4.78, 5) is 0. The van der Waals surface area contributed by atoms with Crippen molar-refractivity contribution >= 4 is 0 Å². The molecule has 1 atom stereocenters. The molecule has 0 aliphatic carbocycles. The molecule has 0 aliphatic rings. The molecule has 0 aromatic carbocycles. The summed E-state index contributed by atoms with van der Waals surface area (Å²) in [5.41, 5.74) is 0. The third-order valence-corrected chi connectivity index (χ3v) is 2.08. The fraction of sp³-hybridized carbons (Fsp3) is 0.818. The predicted molar refractivity (Wildman–Crippen MR) is 52.7 cm³/mol. The van der Waals surface area contributed by atoms with Crippen LogP contribution in [0.1, 0.15) is 52.9 Å². The van der Waals surface area contributed by atoms with Crippen molar-refractivity contribution < 1.29 is 0 Å². The molecule has 0 nitrogen and oxygen atoms in total. The first-order valence-electron chi connectivity index (χ1n) is 4.92. The third-order valence-electron chi connectivity index (χ3n) is 2.08. The predicted octanol–water partition coefficient (Wildman–Crippen LogP) is 4.17. The summed E-state index contributed by atoms with van der Waals surface area (Å²) in [7, 11) is 0. The molecule has 66 valence electrons. The molecular formula is C11H22. The number of hydrogen-bond acceptors (Lipinski definition) is 0. The molecule has 0 aliphatic heterocycles. The van der Waals surface area contributed by atoms with E-state index in [2.05, 4.69) is 32.9 Å². The second-order valence-corrected chi connectivity index (χ2v) is 3.39. The van der Waals surface area contributed by atoms with E-state index in [1.54, 1.807) is 0 Å². The molecule has 0 rings (SSSR count). The number of rotatable bonds is 6. The lowest BCUT2D eigenvalue weighted by Crippen LogP contribution is -1.92. The van der Waals surface area contributed by atoms with Gasteiger partial charge in [-0.25, -0.2) is 0 Å². The van der Waals surface area contributed by atoms with Gasteiger partial charge in [0.1, 0.15) is 0 Å². The Hall–Kier alpha value is -0.260. The van der Waals surface area contributed by atoms with Crippen LogP contribution in [0.25, 0.3) is 0 Å². The van der Waals surface area contributed by atoms with Crippen LogP contribution >= 0.6 is 0 Å². The van der Waals surface area contributed by atoms with Gasteiger partial charge in [-0.05, 0) is 25.7 Å². The van der Waals surface area contributed by atoms with E-state index in [-0.39, 0.29) is 0 Å². The van der Waals surface area contributed by atoms with Crippen LogP contribution in [0.5, 0.6) is 0 Å². The summed E-state index contributed by atoms with van der Waals surface area (Å²) < 4.78 is 0. The van der Waals surface area contributed by atoms with E-state index < -0.39 is 0 Å². The topological polar surface area (TPSA) is 0 Å². The Morgan fingerprint density at radius 2 is 2.00 bits per heavy atom. The number of hydrogen-bond donors (Lipinski definition) is 0. The smallest absolute Gasteiger partial charge is 0.0351 e. The lowest BCUT2D eigenvalue weighted by molar-refractivity contribution is 0.471. The standard InChI is InChI=1S/C11H22/c1-4-6-7-8-10-11(3)9-5-2/h4,6,11H,5,7-10H2,1-3H3/b6-4+. The molecule has 0 radical (unpaired) electrons. The van der Waals surface area contributed by atoms with Gasteiger partial charge in [-0.3, -0.25) is 0 Å². The van der Waals surface area contributed by atoms with Crippen LogP contribution in [0.4, 0.5) is 0 Å². The van der Waals surface area contributed by atoms with E-state index in [1.165, 1.54) is 32.1 Å². The molecule has 0 aromatic rings. The van der Waals surface area contributed by atoms with E-state index in [4.69, 9.17) is 0 Å². The Balaban J connectivity index is 3.10. The van der Waals surface area contributed by atoms with E-state index in [1.807, 2.05) is 0 Å². The zero-order chi connectivity index (χ0) is 8.53. The Labute approximate surface area is 71.7 Å². The average Bonchev–Trinajstić information content (AvgIpc) is 1.99. The summed E-state index contributed by atoms with van der Waals surface area (Å²) in [6.45, 7) is 6.72. The minimum absolute atomic E-state index is 0.935. The Morgan fingerprint density at radius 1 is 1.27 bits per heavy atom. The molecule has 0 amide bonds. The van der Waals surface area contributed by atoms with Crippen molar-refractivity contribution in [3.63, 3.8) is 0 Å². The van der Waals surface area contributed by atoms with Crippen LogP contribution in [-0.4, -0.2) is 0 Å². The molecule has 0 heteroatoms. The monoisotopic (exact) mass is 154 g/mol. The maximum atomic E-state index is 2.36. The molecule has 0 aromatic heterocycles. The van der Waals surface area contributed by atoms with Gasteiger partial charge in [-0.2, -0.15) is 0 Å². The third kappa shape index (κ3) is 7.64. The summed E-state index contributed by atoms with van der Waals surface area (Å²) in [5.74, 6) is 0.935. The molecular weight excluding hydrogens is 132 g/mol. The summed E-state index contributed by atoms with van der Waals surface area (Å²) in [6, 6.07) is 0. The second kappa shape index (κ2) is 7.84. The summed E-state index contributed by atoms with van der Waals surface area (Å²) in [6.07, 6.45) is 11.2. The number of unbranched alkanes of at least 4 members (excludes halogenated alkanes) is 1. The largest absolute Gasteiger partial charge is 0.0917 e. The van der Waals surface area contributed by atoms with Crippen molar-refractivity contribution in [1.82, 2.24) is 0 Å². The van der Waals surface area contributed by atoms with E-state index >= 15 is 0 Å². The fourth-order valence-electron chi connectivity index (χ4n) is 1.39.